The van der Waals surface area contributed by atoms with Crippen LogP contribution in [0.5, 0.6) is 5.88 Å². The van der Waals surface area contributed by atoms with Crippen LogP contribution in [0.15, 0.2) is 24.5 Å². The molecule has 3 unspecified atom stereocenters. The van der Waals surface area contributed by atoms with Crippen LogP contribution in [0.4, 0.5) is 11.8 Å². The molecule has 4 aliphatic rings. The first-order valence-electron chi connectivity index (χ1n) is 12.1. The van der Waals surface area contributed by atoms with Crippen molar-refractivity contribution in [2.75, 3.05) is 17.2 Å². The Morgan fingerprint density at radius 2 is 2.00 bits per heavy atom. The number of nitrogens with two attached hydrogens (primary N) is 1. The number of anilines is 2. The second-order valence-electron chi connectivity index (χ2n) is 10.5. The van der Waals surface area contributed by atoms with Crippen molar-refractivity contribution >= 4 is 11.8 Å². The molecule has 4 bridgehead atoms. The van der Waals surface area contributed by atoms with Crippen LogP contribution in [-0.4, -0.2) is 33.6 Å². The average Bonchev–Trinajstić information content (AvgIpc) is 2.80. The summed E-state index contributed by atoms with van der Waals surface area (Å²) in [5.74, 6) is 3.79. The monoisotopic (exact) mass is 447 g/mol. The van der Waals surface area contributed by atoms with E-state index in [2.05, 4.69) is 31.7 Å². The predicted molar refractivity (Wildman–Crippen MR) is 127 cm³/mol. The number of aromatic nitrogens is 3. The van der Waals surface area contributed by atoms with Crippen molar-refractivity contribution in [2.45, 2.75) is 64.6 Å². The molecule has 4 aliphatic carbocycles. The molecule has 33 heavy (non-hydrogen) atoms. The van der Waals surface area contributed by atoms with Crippen molar-refractivity contribution in [3.8, 4) is 11.9 Å². The first-order chi connectivity index (χ1) is 15.9. The Labute approximate surface area is 195 Å². The van der Waals surface area contributed by atoms with Gasteiger partial charge in [0, 0.05) is 30.9 Å². The zero-order valence-corrected chi connectivity index (χ0v) is 19.4. The lowest BCUT2D eigenvalue weighted by Crippen LogP contribution is -2.58. The van der Waals surface area contributed by atoms with Gasteiger partial charge in [-0.2, -0.15) is 10.2 Å². The standard InChI is InChI=1S/C25H33N7O/c1-15(2)33-23-17(4-3-5-28-23)12-29-24-30-13-20(11-26)22(32-24)31-14-25-8-16-6-18(9-25)21(27)19(7-16)10-25/h3-5,13,15-16,18-19,21H,6-10,12,14,27H2,1-2H3,(H2,29,30,31,32)/t16?,18-,19+,21?,25?. The smallest absolute Gasteiger partial charge is 0.224 e. The average molecular weight is 448 g/mol. The van der Waals surface area contributed by atoms with Crippen molar-refractivity contribution in [1.82, 2.24) is 15.0 Å². The lowest BCUT2D eigenvalue weighted by Gasteiger charge is -2.59. The van der Waals surface area contributed by atoms with Gasteiger partial charge >= 0.3 is 0 Å². The van der Waals surface area contributed by atoms with Crippen LogP contribution in [0.2, 0.25) is 0 Å². The first-order valence-corrected chi connectivity index (χ1v) is 12.1. The van der Waals surface area contributed by atoms with Gasteiger partial charge in [0.25, 0.3) is 0 Å². The molecule has 2 heterocycles. The zero-order valence-electron chi connectivity index (χ0n) is 19.4. The summed E-state index contributed by atoms with van der Waals surface area (Å²) in [6.07, 6.45) is 9.57. The molecule has 0 aliphatic heterocycles. The highest BCUT2D eigenvalue weighted by atomic mass is 16.5. The number of pyridine rings is 1. The number of ether oxygens (including phenoxy) is 1. The van der Waals surface area contributed by atoms with Crippen molar-refractivity contribution in [3.05, 3.63) is 35.7 Å². The molecular weight excluding hydrogens is 414 g/mol. The zero-order chi connectivity index (χ0) is 23.0. The maximum atomic E-state index is 9.60. The molecule has 5 atom stereocenters. The van der Waals surface area contributed by atoms with Crippen LogP contribution < -0.4 is 21.1 Å². The summed E-state index contributed by atoms with van der Waals surface area (Å²) in [5, 5.41) is 16.4. The maximum Gasteiger partial charge on any atom is 0.224 e. The second-order valence-corrected chi connectivity index (χ2v) is 10.5. The van der Waals surface area contributed by atoms with E-state index in [9.17, 15) is 5.26 Å². The van der Waals surface area contributed by atoms with E-state index in [1.54, 1.807) is 12.4 Å². The summed E-state index contributed by atoms with van der Waals surface area (Å²) in [7, 11) is 0. The van der Waals surface area contributed by atoms with Gasteiger partial charge in [-0.1, -0.05) is 6.07 Å². The molecule has 8 heteroatoms. The molecule has 174 valence electrons. The lowest BCUT2D eigenvalue weighted by molar-refractivity contribution is -0.0591. The molecule has 0 saturated heterocycles. The van der Waals surface area contributed by atoms with Gasteiger partial charge < -0.3 is 21.1 Å². The van der Waals surface area contributed by atoms with Gasteiger partial charge in [0.05, 0.1) is 12.3 Å². The molecule has 2 aromatic rings. The Balaban J connectivity index is 1.27. The Morgan fingerprint density at radius 1 is 1.21 bits per heavy atom. The third-order valence-electron chi connectivity index (χ3n) is 7.65. The summed E-state index contributed by atoms with van der Waals surface area (Å²) in [6.45, 7) is 5.27. The fourth-order valence-corrected chi connectivity index (χ4v) is 6.47. The van der Waals surface area contributed by atoms with Gasteiger partial charge in [0.15, 0.2) is 0 Å². The van der Waals surface area contributed by atoms with E-state index in [-0.39, 0.29) is 11.5 Å². The normalized spacial score (nSPS) is 29.7. The highest BCUT2D eigenvalue weighted by Gasteiger charge is 2.54. The van der Waals surface area contributed by atoms with Crippen LogP contribution >= 0.6 is 0 Å². The van der Waals surface area contributed by atoms with Crippen LogP contribution in [0.3, 0.4) is 0 Å². The largest absolute Gasteiger partial charge is 0.475 e. The molecular formula is C25H33N7O. The Kier molecular flexibility index (Phi) is 5.83. The topological polar surface area (TPSA) is 122 Å². The molecule has 4 N–H and O–H groups in total. The van der Waals surface area contributed by atoms with E-state index in [4.69, 9.17) is 10.5 Å². The summed E-state index contributed by atoms with van der Waals surface area (Å²) in [5.41, 5.74) is 8.18. The maximum absolute atomic E-state index is 9.60. The number of nitrogens with zero attached hydrogens (tertiary/aromatic N) is 4. The number of nitrogens with one attached hydrogen (secondary N) is 2. The summed E-state index contributed by atoms with van der Waals surface area (Å²) in [4.78, 5) is 13.3. The minimum atomic E-state index is 0.0414. The Morgan fingerprint density at radius 3 is 2.73 bits per heavy atom. The quantitative estimate of drug-likeness (QED) is 0.560. The second kappa shape index (κ2) is 8.79. The molecule has 0 amide bonds. The molecule has 0 radical (unpaired) electrons. The number of nitriles is 1. The molecule has 2 aromatic heterocycles. The molecule has 6 rings (SSSR count). The van der Waals surface area contributed by atoms with E-state index in [1.165, 1.54) is 32.1 Å². The van der Waals surface area contributed by atoms with Gasteiger partial charge in [0.1, 0.15) is 17.5 Å². The number of rotatable bonds is 8. The van der Waals surface area contributed by atoms with Gasteiger partial charge in [-0.15, -0.1) is 0 Å². The third kappa shape index (κ3) is 4.47. The molecule has 0 spiro atoms. The molecule has 8 nitrogen and oxygen atoms in total. The molecule has 0 aromatic carbocycles. The van der Waals surface area contributed by atoms with E-state index in [0.717, 1.165) is 18.0 Å². The SMILES string of the molecule is CC(C)Oc1ncccc1CNc1ncc(C#N)c(NCC23CC4C[C@H](C2)C(N)[C@@H](C4)C3)n1. The van der Waals surface area contributed by atoms with E-state index < -0.39 is 0 Å². The fourth-order valence-electron chi connectivity index (χ4n) is 6.47. The number of hydrogen-bond acceptors (Lipinski definition) is 8. The van der Waals surface area contributed by atoms with Crippen LogP contribution in [0, 0.1) is 34.5 Å². The summed E-state index contributed by atoms with van der Waals surface area (Å²) >= 11 is 0. The highest BCUT2D eigenvalue weighted by Crippen LogP contribution is 2.59. The number of hydrogen-bond donors (Lipinski definition) is 3. The van der Waals surface area contributed by atoms with Crippen molar-refractivity contribution in [1.29, 1.82) is 5.26 Å². The van der Waals surface area contributed by atoms with Crippen molar-refractivity contribution < 1.29 is 4.74 Å². The minimum absolute atomic E-state index is 0.0414. The van der Waals surface area contributed by atoms with Crippen LogP contribution in [-0.2, 0) is 6.54 Å². The van der Waals surface area contributed by atoms with Crippen LogP contribution in [0.25, 0.3) is 0 Å². The van der Waals surface area contributed by atoms with E-state index in [0.29, 0.717) is 47.6 Å². The minimum Gasteiger partial charge on any atom is -0.475 e. The van der Waals surface area contributed by atoms with Gasteiger partial charge in [-0.05, 0) is 75.2 Å². The molecule has 4 saturated carbocycles. The first kappa shape index (κ1) is 21.9. The highest BCUT2D eigenvalue weighted by molar-refractivity contribution is 5.53. The predicted octanol–water partition coefficient (Wildman–Crippen LogP) is 3.71. The van der Waals surface area contributed by atoms with Gasteiger partial charge in [0.2, 0.25) is 11.8 Å². The van der Waals surface area contributed by atoms with Gasteiger partial charge in [-0.25, -0.2) is 9.97 Å². The fraction of sp³-hybridized carbons (Fsp3) is 0.600. The van der Waals surface area contributed by atoms with Crippen molar-refractivity contribution in [2.24, 2.45) is 28.9 Å². The summed E-state index contributed by atoms with van der Waals surface area (Å²) < 4.78 is 5.80. The van der Waals surface area contributed by atoms with E-state index >= 15 is 0 Å². The van der Waals surface area contributed by atoms with E-state index in [1.807, 2.05) is 26.0 Å². The Hall–Kier alpha value is -2.92. The summed E-state index contributed by atoms with van der Waals surface area (Å²) in [6, 6.07) is 6.45. The lowest BCUT2D eigenvalue weighted by atomic mass is 9.48. The van der Waals surface area contributed by atoms with Crippen molar-refractivity contribution in [3.63, 3.8) is 0 Å². The third-order valence-corrected chi connectivity index (χ3v) is 7.65. The van der Waals surface area contributed by atoms with Gasteiger partial charge in [-0.3, -0.25) is 0 Å². The van der Waals surface area contributed by atoms with Crippen LogP contribution in [0.1, 0.15) is 57.1 Å². The molecule has 4 fully saturated rings. The Bertz CT molecular complexity index is 1030.